The zero-order chi connectivity index (χ0) is 11.4. The van der Waals surface area contributed by atoms with Crippen molar-refractivity contribution >= 4 is 0 Å². The van der Waals surface area contributed by atoms with Crippen LogP contribution in [0.3, 0.4) is 0 Å². The molecule has 0 aliphatic heterocycles. The molecule has 0 aromatic heterocycles. The van der Waals surface area contributed by atoms with Gasteiger partial charge < -0.3 is 16.4 Å². The molecule has 0 rings (SSSR count). The van der Waals surface area contributed by atoms with Crippen LogP contribution in [0.4, 0.5) is 0 Å². The van der Waals surface area contributed by atoms with Gasteiger partial charge in [0.2, 0.25) is 0 Å². The third-order valence-corrected chi connectivity index (χ3v) is 2.58. The highest BCUT2D eigenvalue weighted by Gasteiger charge is 1.99. The fourth-order valence-electron chi connectivity index (χ4n) is 1.50. The second-order valence-corrected chi connectivity index (χ2v) is 4.24. The number of hydrogen-bond donors (Lipinski definition) is 3. The summed E-state index contributed by atoms with van der Waals surface area (Å²) in [5.41, 5.74) is 5.41. The summed E-state index contributed by atoms with van der Waals surface area (Å²) >= 11 is 0. The summed E-state index contributed by atoms with van der Waals surface area (Å²) in [4.78, 5) is 0. The maximum Gasteiger partial charge on any atom is 0.00508 e. The van der Waals surface area contributed by atoms with E-state index in [1.807, 2.05) is 0 Å². The molecule has 0 bridgehead atoms. The molecule has 4 N–H and O–H groups in total. The standard InChI is InChI=1S/C12H29N3/c1-3-4-5-10-15-12(2)7-11-14-9-6-8-13/h12,14-15H,3-11,13H2,1-2H3. The van der Waals surface area contributed by atoms with Crippen LogP contribution in [-0.2, 0) is 0 Å². The molecular formula is C12H29N3. The summed E-state index contributed by atoms with van der Waals surface area (Å²) in [6.45, 7) is 8.61. The van der Waals surface area contributed by atoms with E-state index in [1.54, 1.807) is 0 Å². The first-order valence-electron chi connectivity index (χ1n) is 6.45. The minimum atomic E-state index is 0.632. The molecule has 0 heterocycles. The van der Waals surface area contributed by atoms with Crippen LogP contribution >= 0.6 is 0 Å². The van der Waals surface area contributed by atoms with Gasteiger partial charge in [0.25, 0.3) is 0 Å². The van der Waals surface area contributed by atoms with Gasteiger partial charge in [-0.2, -0.15) is 0 Å². The van der Waals surface area contributed by atoms with E-state index in [1.165, 1.54) is 25.7 Å². The number of nitrogens with one attached hydrogen (secondary N) is 2. The van der Waals surface area contributed by atoms with Gasteiger partial charge in [-0.1, -0.05) is 19.8 Å². The largest absolute Gasteiger partial charge is 0.330 e. The second-order valence-electron chi connectivity index (χ2n) is 4.24. The minimum absolute atomic E-state index is 0.632. The summed E-state index contributed by atoms with van der Waals surface area (Å²) in [6.07, 6.45) is 6.24. The van der Waals surface area contributed by atoms with Crippen molar-refractivity contribution in [3.63, 3.8) is 0 Å². The van der Waals surface area contributed by atoms with Gasteiger partial charge in [-0.15, -0.1) is 0 Å². The third-order valence-electron chi connectivity index (χ3n) is 2.58. The lowest BCUT2D eigenvalue weighted by Gasteiger charge is -2.13. The highest BCUT2D eigenvalue weighted by molar-refractivity contribution is 4.62. The van der Waals surface area contributed by atoms with Crippen LogP contribution in [-0.4, -0.2) is 32.2 Å². The zero-order valence-electron chi connectivity index (χ0n) is 10.5. The van der Waals surface area contributed by atoms with Crippen molar-refractivity contribution in [3.05, 3.63) is 0 Å². The Morgan fingerprint density at radius 3 is 2.53 bits per heavy atom. The predicted octanol–water partition coefficient (Wildman–Crippen LogP) is 1.48. The molecule has 3 heteroatoms. The average Bonchev–Trinajstić information content (AvgIpc) is 2.24. The average molecular weight is 215 g/mol. The van der Waals surface area contributed by atoms with Crippen molar-refractivity contribution in [2.45, 2.75) is 52.0 Å². The van der Waals surface area contributed by atoms with Crippen LogP contribution < -0.4 is 16.4 Å². The summed E-state index contributed by atoms with van der Waals surface area (Å²) < 4.78 is 0. The van der Waals surface area contributed by atoms with Gasteiger partial charge in [-0.05, 0) is 52.4 Å². The van der Waals surface area contributed by atoms with E-state index < -0.39 is 0 Å². The van der Waals surface area contributed by atoms with Crippen LogP contribution in [0.15, 0.2) is 0 Å². The number of hydrogen-bond acceptors (Lipinski definition) is 3. The highest BCUT2D eigenvalue weighted by Crippen LogP contribution is 1.94. The lowest BCUT2D eigenvalue weighted by Crippen LogP contribution is -2.31. The first-order valence-corrected chi connectivity index (χ1v) is 6.45. The Labute approximate surface area is 95.2 Å². The molecular weight excluding hydrogens is 186 g/mol. The maximum absolute atomic E-state index is 5.41. The molecule has 0 aliphatic carbocycles. The number of rotatable bonds is 11. The van der Waals surface area contributed by atoms with E-state index in [-0.39, 0.29) is 0 Å². The monoisotopic (exact) mass is 215 g/mol. The molecule has 1 unspecified atom stereocenters. The van der Waals surface area contributed by atoms with Crippen molar-refractivity contribution in [3.8, 4) is 0 Å². The quantitative estimate of drug-likeness (QED) is 0.458. The van der Waals surface area contributed by atoms with E-state index in [9.17, 15) is 0 Å². The maximum atomic E-state index is 5.41. The van der Waals surface area contributed by atoms with Gasteiger partial charge in [0.15, 0.2) is 0 Å². The van der Waals surface area contributed by atoms with Gasteiger partial charge in [-0.25, -0.2) is 0 Å². The summed E-state index contributed by atoms with van der Waals surface area (Å²) in [7, 11) is 0. The summed E-state index contributed by atoms with van der Waals surface area (Å²) in [5, 5.41) is 6.94. The molecule has 1 atom stereocenters. The van der Waals surface area contributed by atoms with E-state index >= 15 is 0 Å². The summed E-state index contributed by atoms with van der Waals surface area (Å²) in [5.74, 6) is 0. The van der Waals surface area contributed by atoms with Crippen LogP contribution in [0.25, 0.3) is 0 Å². The van der Waals surface area contributed by atoms with Crippen LogP contribution in [0.1, 0.15) is 46.0 Å². The Morgan fingerprint density at radius 2 is 1.87 bits per heavy atom. The zero-order valence-corrected chi connectivity index (χ0v) is 10.5. The molecule has 0 amide bonds. The van der Waals surface area contributed by atoms with Gasteiger partial charge in [0.1, 0.15) is 0 Å². The first kappa shape index (κ1) is 14.9. The van der Waals surface area contributed by atoms with Gasteiger partial charge in [0, 0.05) is 6.04 Å². The van der Waals surface area contributed by atoms with Crippen molar-refractivity contribution in [1.82, 2.24) is 10.6 Å². The molecule has 0 aromatic rings. The van der Waals surface area contributed by atoms with Crippen molar-refractivity contribution in [2.24, 2.45) is 5.73 Å². The van der Waals surface area contributed by atoms with E-state index in [2.05, 4.69) is 24.5 Å². The lowest BCUT2D eigenvalue weighted by atomic mass is 10.2. The van der Waals surface area contributed by atoms with E-state index in [0.717, 1.165) is 32.6 Å². The molecule has 0 fully saturated rings. The SMILES string of the molecule is CCCCCNC(C)CCNCCCN. The Bertz CT molecular complexity index is 117. The predicted molar refractivity (Wildman–Crippen MR) is 68.1 cm³/mol. The van der Waals surface area contributed by atoms with E-state index in [0.29, 0.717) is 6.04 Å². The molecule has 0 radical (unpaired) electrons. The van der Waals surface area contributed by atoms with Crippen molar-refractivity contribution in [2.75, 3.05) is 26.2 Å². The Morgan fingerprint density at radius 1 is 1.07 bits per heavy atom. The molecule has 0 saturated heterocycles. The lowest BCUT2D eigenvalue weighted by molar-refractivity contribution is 0.480. The second kappa shape index (κ2) is 12.0. The van der Waals surface area contributed by atoms with Gasteiger partial charge in [-0.3, -0.25) is 0 Å². The molecule has 92 valence electrons. The number of nitrogens with two attached hydrogens (primary N) is 1. The van der Waals surface area contributed by atoms with E-state index in [4.69, 9.17) is 5.73 Å². The smallest absolute Gasteiger partial charge is 0.00508 e. The van der Waals surface area contributed by atoms with Crippen LogP contribution in [0, 0.1) is 0 Å². The molecule has 0 aromatic carbocycles. The summed E-state index contributed by atoms with van der Waals surface area (Å²) in [6, 6.07) is 0.632. The number of unbranched alkanes of at least 4 members (excludes halogenated alkanes) is 2. The van der Waals surface area contributed by atoms with Crippen molar-refractivity contribution < 1.29 is 0 Å². The Balaban J connectivity index is 3.08. The fourth-order valence-corrected chi connectivity index (χ4v) is 1.50. The Kier molecular flexibility index (Phi) is 11.9. The normalized spacial score (nSPS) is 13.0. The Hall–Kier alpha value is -0.120. The van der Waals surface area contributed by atoms with Crippen LogP contribution in [0.2, 0.25) is 0 Å². The molecule has 0 saturated carbocycles. The minimum Gasteiger partial charge on any atom is -0.330 e. The highest BCUT2D eigenvalue weighted by atomic mass is 14.9. The van der Waals surface area contributed by atoms with Gasteiger partial charge in [0.05, 0.1) is 0 Å². The first-order chi connectivity index (χ1) is 7.31. The van der Waals surface area contributed by atoms with Crippen molar-refractivity contribution in [1.29, 1.82) is 0 Å². The van der Waals surface area contributed by atoms with Crippen LogP contribution in [0.5, 0.6) is 0 Å². The van der Waals surface area contributed by atoms with Gasteiger partial charge >= 0.3 is 0 Å². The molecule has 0 aliphatic rings. The fraction of sp³-hybridized carbons (Fsp3) is 1.00. The third kappa shape index (κ3) is 11.8. The topological polar surface area (TPSA) is 50.1 Å². The molecule has 3 nitrogen and oxygen atoms in total. The molecule has 0 spiro atoms. The molecule has 15 heavy (non-hydrogen) atoms.